The van der Waals surface area contributed by atoms with E-state index in [1.807, 2.05) is 19.9 Å². The minimum Gasteiger partial charge on any atom is -0.266 e. The molecule has 7 nitrogen and oxygen atoms in total. The summed E-state index contributed by atoms with van der Waals surface area (Å²) in [5, 5.41) is 0.607. The van der Waals surface area contributed by atoms with Crippen molar-refractivity contribution < 1.29 is 13.2 Å². The number of nitrogens with two attached hydrogens (primary N) is 1. The van der Waals surface area contributed by atoms with Gasteiger partial charge in [-0.3, -0.25) is 4.79 Å². The van der Waals surface area contributed by atoms with Gasteiger partial charge in [-0.25, -0.2) is 5.84 Å². The zero-order valence-corrected chi connectivity index (χ0v) is 15.8. The highest BCUT2D eigenvalue weighted by Crippen LogP contribution is 2.36. The van der Waals surface area contributed by atoms with Crippen molar-refractivity contribution in [2.45, 2.75) is 59.3 Å². The van der Waals surface area contributed by atoms with Crippen molar-refractivity contribution in [2.75, 3.05) is 0 Å². The van der Waals surface area contributed by atoms with Crippen LogP contribution in [0.1, 0.15) is 86.3 Å². The maximum atomic E-state index is 12.7. The topological polar surface area (TPSA) is 105 Å². The van der Waals surface area contributed by atoms with E-state index >= 15 is 0 Å². The van der Waals surface area contributed by atoms with Gasteiger partial charge in [0.1, 0.15) is 0 Å². The molecule has 134 valence electrons. The molecule has 1 fully saturated rings. The summed E-state index contributed by atoms with van der Waals surface area (Å²) in [6.45, 7) is 12.5. The first-order valence-corrected chi connectivity index (χ1v) is 9.51. The van der Waals surface area contributed by atoms with E-state index in [1.54, 1.807) is 6.07 Å². The predicted octanol–water partition coefficient (Wildman–Crippen LogP) is 2.35. The Balaban J connectivity index is 2.58. The fourth-order valence-electron chi connectivity index (χ4n) is 3.06. The van der Waals surface area contributed by atoms with Gasteiger partial charge in [0.15, 0.2) is 0 Å². The first kappa shape index (κ1) is 18.9. The molecule has 1 aliphatic heterocycles. The van der Waals surface area contributed by atoms with E-state index in [1.165, 1.54) is 5.56 Å². The van der Waals surface area contributed by atoms with Gasteiger partial charge >= 0.3 is 10.2 Å². The third-order valence-electron chi connectivity index (χ3n) is 4.12. The third-order valence-corrected chi connectivity index (χ3v) is 5.07. The van der Waals surface area contributed by atoms with Crippen LogP contribution < -0.4 is 10.7 Å². The summed E-state index contributed by atoms with van der Waals surface area (Å²) in [5.74, 6) is 5.81. The summed E-state index contributed by atoms with van der Waals surface area (Å²) in [4.78, 5) is 14.8. The fourth-order valence-corrected chi connectivity index (χ4v) is 3.80. The molecular weight excluding hydrogens is 328 g/mol. The van der Waals surface area contributed by atoms with Crippen LogP contribution in [0.2, 0.25) is 0 Å². The molecule has 0 aliphatic carbocycles. The van der Waals surface area contributed by atoms with Gasteiger partial charge < -0.3 is 0 Å². The second kappa shape index (κ2) is 6.44. The number of hydrogen-bond donors (Lipinski definition) is 2. The van der Waals surface area contributed by atoms with Crippen molar-refractivity contribution in [1.82, 2.24) is 14.5 Å². The first-order valence-electron chi connectivity index (χ1n) is 8.07. The SMILES string of the molecule is CC(C)c1ccc(C(=O)N(N)N2NS2(=O)=O)c(C(C)C)c1C(C)C. The molecule has 8 heteroatoms. The second-order valence-corrected chi connectivity index (χ2v) is 8.46. The van der Waals surface area contributed by atoms with Crippen molar-refractivity contribution in [3.63, 3.8) is 0 Å². The predicted molar refractivity (Wildman–Crippen MR) is 93.0 cm³/mol. The molecule has 1 aromatic rings. The van der Waals surface area contributed by atoms with E-state index in [0.717, 1.165) is 11.1 Å². The highest BCUT2D eigenvalue weighted by atomic mass is 32.2. The van der Waals surface area contributed by atoms with E-state index in [0.29, 0.717) is 21.1 Å². The lowest BCUT2D eigenvalue weighted by Gasteiger charge is -2.26. The molecule has 0 aromatic heterocycles. The van der Waals surface area contributed by atoms with Crippen LogP contribution in [-0.2, 0) is 10.2 Å². The summed E-state index contributed by atoms with van der Waals surface area (Å²) in [7, 11) is -3.63. The Morgan fingerprint density at radius 1 is 1.04 bits per heavy atom. The molecule has 0 bridgehead atoms. The molecule has 0 spiro atoms. The Morgan fingerprint density at radius 2 is 1.54 bits per heavy atom. The average Bonchev–Trinajstić information content (AvgIpc) is 3.12. The molecule has 0 saturated carbocycles. The van der Waals surface area contributed by atoms with E-state index in [9.17, 15) is 13.2 Å². The van der Waals surface area contributed by atoms with Crippen molar-refractivity contribution in [3.05, 3.63) is 34.4 Å². The average molecular weight is 354 g/mol. The number of rotatable bonds is 5. The summed E-state index contributed by atoms with van der Waals surface area (Å²) in [5.41, 5.74) is 3.70. The minimum absolute atomic E-state index is 0.104. The number of hydrazine groups is 3. The highest BCUT2D eigenvalue weighted by Gasteiger charge is 2.47. The third kappa shape index (κ3) is 3.32. The fraction of sp³-hybridized carbons (Fsp3) is 0.562. The van der Waals surface area contributed by atoms with Crippen LogP contribution in [0.3, 0.4) is 0 Å². The Morgan fingerprint density at radius 3 is 1.92 bits per heavy atom. The van der Waals surface area contributed by atoms with Crippen molar-refractivity contribution in [3.8, 4) is 0 Å². The molecular formula is C16H26N4O3S. The first-order chi connectivity index (χ1) is 11.0. The van der Waals surface area contributed by atoms with Gasteiger partial charge in [0.2, 0.25) is 0 Å². The molecule has 3 N–H and O–H groups in total. The highest BCUT2D eigenvalue weighted by molar-refractivity contribution is 7.92. The van der Waals surface area contributed by atoms with Gasteiger partial charge in [0.05, 0.1) is 0 Å². The van der Waals surface area contributed by atoms with Crippen molar-refractivity contribution in [1.29, 1.82) is 0 Å². The summed E-state index contributed by atoms with van der Waals surface area (Å²) < 4.78 is 23.3. The van der Waals surface area contributed by atoms with Gasteiger partial charge in [0.25, 0.3) is 5.91 Å². The molecule has 1 amide bonds. The number of carbonyl (C=O) groups is 1. The lowest BCUT2D eigenvalue weighted by Crippen LogP contribution is -2.44. The van der Waals surface area contributed by atoms with Crippen LogP contribution in [0.4, 0.5) is 0 Å². The van der Waals surface area contributed by atoms with Gasteiger partial charge in [-0.2, -0.15) is 13.5 Å². The molecule has 1 atom stereocenters. The summed E-state index contributed by atoms with van der Waals surface area (Å²) >= 11 is 0. The van der Waals surface area contributed by atoms with Crippen LogP contribution in [0.5, 0.6) is 0 Å². The second-order valence-electron chi connectivity index (χ2n) is 6.98. The van der Waals surface area contributed by atoms with E-state index in [4.69, 9.17) is 5.84 Å². The minimum atomic E-state index is -3.63. The van der Waals surface area contributed by atoms with Crippen molar-refractivity contribution in [2.24, 2.45) is 5.84 Å². The number of nitrogens with one attached hydrogen (secondary N) is 1. The number of amides is 1. The number of carbonyl (C=O) groups excluding carboxylic acids is 1. The number of hydrogen-bond acceptors (Lipinski definition) is 4. The molecule has 2 rings (SSSR count). The van der Waals surface area contributed by atoms with Gasteiger partial charge in [-0.15, -0.1) is 0 Å². The molecule has 24 heavy (non-hydrogen) atoms. The summed E-state index contributed by atoms with van der Waals surface area (Å²) in [6, 6.07) is 3.69. The Bertz CT molecular complexity index is 757. The molecule has 1 aliphatic rings. The molecule has 1 saturated heterocycles. The lowest BCUT2D eigenvalue weighted by atomic mass is 9.80. The van der Waals surface area contributed by atoms with Gasteiger partial charge in [0, 0.05) is 10.1 Å². The van der Waals surface area contributed by atoms with E-state index < -0.39 is 16.1 Å². The molecule has 1 aromatic carbocycles. The lowest BCUT2D eigenvalue weighted by molar-refractivity contribution is 0.0454. The Kier molecular flexibility index (Phi) is 5.06. The maximum Gasteiger partial charge on any atom is 0.328 e. The zero-order chi connectivity index (χ0) is 18.4. The van der Waals surface area contributed by atoms with Crippen molar-refractivity contribution >= 4 is 16.1 Å². The molecule has 1 unspecified atom stereocenters. The smallest absolute Gasteiger partial charge is 0.266 e. The van der Waals surface area contributed by atoms with Crippen LogP contribution in [0.25, 0.3) is 0 Å². The summed E-state index contributed by atoms with van der Waals surface area (Å²) in [6.07, 6.45) is 0. The van der Waals surface area contributed by atoms with Crippen LogP contribution >= 0.6 is 0 Å². The van der Waals surface area contributed by atoms with Gasteiger partial charge in [-0.05, 0) is 40.5 Å². The van der Waals surface area contributed by atoms with Crippen LogP contribution in [0.15, 0.2) is 12.1 Å². The number of benzene rings is 1. The quantitative estimate of drug-likeness (QED) is 0.366. The van der Waals surface area contributed by atoms with Crippen LogP contribution in [-0.4, -0.2) is 24.0 Å². The Labute approximate surface area is 143 Å². The standard InChI is InChI=1S/C16H26N4O3S/c1-9(2)12-7-8-13(15(11(5)6)14(12)10(3)4)16(21)19(17)20-18-24(20,22)23/h7-11,18H,17H2,1-6H3. The van der Waals surface area contributed by atoms with Crippen LogP contribution in [0, 0.1) is 0 Å². The number of nitrogens with zero attached hydrogens (tertiary/aromatic N) is 2. The zero-order valence-electron chi connectivity index (χ0n) is 15.0. The molecule has 0 radical (unpaired) electrons. The molecule has 1 heterocycles. The maximum absolute atomic E-state index is 12.7. The van der Waals surface area contributed by atoms with Gasteiger partial charge in [-0.1, -0.05) is 52.4 Å². The van der Waals surface area contributed by atoms with E-state index in [2.05, 4.69) is 32.5 Å². The monoisotopic (exact) mass is 354 g/mol. The normalized spacial score (nSPS) is 19.2. The largest absolute Gasteiger partial charge is 0.328 e. The van der Waals surface area contributed by atoms with E-state index in [-0.39, 0.29) is 11.8 Å². The Hall–Kier alpha value is -1.48.